The van der Waals surface area contributed by atoms with Crippen molar-refractivity contribution in [3.8, 4) is 0 Å². The van der Waals surface area contributed by atoms with Gasteiger partial charge in [0.05, 0.1) is 0 Å². The predicted octanol–water partition coefficient (Wildman–Crippen LogP) is 3.38. The number of amides is 1. The van der Waals surface area contributed by atoms with Gasteiger partial charge in [0.1, 0.15) is 0 Å². The predicted molar refractivity (Wildman–Crippen MR) is 71.1 cm³/mol. The summed E-state index contributed by atoms with van der Waals surface area (Å²) in [6.45, 7) is 4.04. The largest absolute Gasteiger partial charge is 0.350 e. The first-order chi connectivity index (χ1) is 7.61. The third-order valence-electron chi connectivity index (χ3n) is 2.28. The Kier molecular flexibility index (Phi) is 5.26. The molecular weight excluding hydrogens is 266 g/mol. The van der Waals surface area contributed by atoms with Crippen LogP contribution >= 0.6 is 15.9 Å². The van der Waals surface area contributed by atoms with E-state index >= 15 is 0 Å². The van der Waals surface area contributed by atoms with Gasteiger partial charge in [0.25, 0.3) is 0 Å². The van der Waals surface area contributed by atoms with E-state index in [1.165, 1.54) is 0 Å². The van der Waals surface area contributed by atoms with Crippen LogP contribution in [0.1, 0.15) is 25.8 Å². The third kappa shape index (κ3) is 4.62. The lowest BCUT2D eigenvalue weighted by Crippen LogP contribution is -2.30. The zero-order valence-corrected chi connectivity index (χ0v) is 11.1. The molecule has 0 aliphatic heterocycles. The van der Waals surface area contributed by atoms with Crippen LogP contribution in [0.15, 0.2) is 34.8 Å². The van der Waals surface area contributed by atoms with Gasteiger partial charge in [-0.2, -0.15) is 0 Å². The second-order valence-electron chi connectivity index (χ2n) is 3.71. The van der Waals surface area contributed by atoms with E-state index in [2.05, 4.69) is 21.2 Å². The molecule has 0 aliphatic carbocycles. The summed E-state index contributed by atoms with van der Waals surface area (Å²) >= 11 is 3.39. The van der Waals surface area contributed by atoms with Gasteiger partial charge >= 0.3 is 0 Å². The Labute approximate surface area is 105 Å². The summed E-state index contributed by atoms with van der Waals surface area (Å²) in [5, 5.41) is 2.88. The van der Waals surface area contributed by atoms with Crippen LogP contribution in [0.3, 0.4) is 0 Å². The van der Waals surface area contributed by atoms with E-state index in [-0.39, 0.29) is 11.9 Å². The summed E-state index contributed by atoms with van der Waals surface area (Å²) in [6, 6.07) is 8.04. The van der Waals surface area contributed by atoms with Crippen molar-refractivity contribution in [1.29, 1.82) is 0 Å². The monoisotopic (exact) mass is 281 g/mol. The Balaban J connectivity index is 2.56. The zero-order valence-electron chi connectivity index (χ0n) is 9.53. The van der Waals surface area contributed by atoms with Crippen LogP contribution in [0, 0.1) is 0 Å². The van der Waals surface area contributed by atoms with E-state index in [0.717, 1.165) is 16.5 Å². The van der Waals surface area contributed by atoms with Gasteiger partial charge in [-0.1, -0.05) is 35.0 Å². The molecule has 0 fully saturated rings. The first-order valence-corrected chi connectivity index (χ1v) is 6.15. The molecule has 1 aromatic carbocycles. The molecule has 1 aromatic rings. The smallest absolute Gasteiger partial charge is 0.244 e. The molecule has 0 radical (unpaired) electrons. The second kappa shape index (κ2) is 6.48. The number of halogens is 1. The van der Waals surface area contributed by atoms with Gasteiger partial charge in [-0.25, -0.2) is 0 Å². The molecule has 0 saturated heterocycles. The van der Waals surface area contributed by atoms with Gasteiger partial charge in [0, 0.05) is 16.6 Å². The van der Waals surface area contributed by atoms with E-state index in [1.807, 2.05) is 44.2 Å². The van der Waals surface area contributed by atoms with Crippen LogP contribution in [-0.4, -0.2) is 11.9 Å². The summed E-state index contributed by atoms with van der Waals surface area (Å²) in [5.74, 6) is -0.0469. The number of rotatable bonds is 4. The molecule has 0 saturated carbocycles. The van der Waals surface area contributed by atoms with Crippen LogP contribution in [-0.2, 0) is 4.79 Å². The summed E-state index contributed by atoms with van der Waals surface area (Å²) in [5.41, 5.74) is 1.01. The Morgan fingerprint density at radius 2 is 2.31 bits per heavy atom. The molecule has 3 heteroatoms. The number of carbonyl (C=O) groups excluding carboxylic acids is 1. The molecule has 1 unspecified atom stereocenters. The van der Waals surface area contributed by atoms with E-state index in [0.29, 0.717) is 0 Å². The lowest BCUT2D eigenvalue weighted by Gasteiger charge is -2.08. The highest BCUT2D eigenvalue weighted by molar-refractivity contribution is 9.10. The molecule has 0 bridgehead atoms. The molecule has 1 rings (SSSR count). The van der Waals surface area contributed by atoms with Crippen molar-refractivity contribution in [2.45, 2.75) is 26.3 Å². The highest BCUT2D eigenvalue weighted by Crippen LogP contribution is 2.12. The number of benzene rings is 1. The van der Waals surface area contributed by atoms with E-state index in [4.69, 9.17) is 0 Å². The molecule has 0 heterocycles. The van der Waals surface area contributed by atoms with Crippen LogP contribution in [0.2, 0.25) is 0 Å². The van der Waals surface area contributed by atoms with Crippen molar-refractivity contribution >= 4 is 27.9 Å². The maximum Gasteiger partial charge on any atom is 0.244 e. The molecule has 1 amide bonds. The molecular formula is C13H16BrNO. The minimum absolute atomic E-state index is 0.0469. The maximum absolute atomic E-state index is 11.5. The SMILES string of the molecule is CCC(C)NC(=O)/C=C/c1cccc(Br)c1. The lowest BCUT2D eigenvalue weighted by molar-refractivity contribution is -0.117. The fourth-order valence-electron chi connectivity index (χ4n) is 1.18. The molecule has 86 valence electrons. The second-order valence-corrected chi connectivity index (χ2v) is 4.62. The van der Waals surface area contributed by atoms with Gasteiger partial charge in [-0.05, 0) is 37.1 Å². The molecule has 0 spiro atoms. The molecule has 1 atom stereocenters. The first kappa shape index (κ1) is 13.0. The fraction of sp³-hybridized carbons (Fsp3) is 0.308. The summed E-state index contributed by atoms with van der Waals surface area (Å²) < 4.78 is 1.01. The minimum Gasteiger partial charge on any atom is -0.350 e. The van der Waals surface area contributed by atoms with Crippen LogP contribution in [0.4, 0.5) is 0 Å². The quantitative estimate of drug-likeness (QED) is 0.843. The number of hydrogen-bond donors (Lipinski definition) is 1. The zero-order chi connectivity index (χ0) is 12.0. The standard InChI is InChI=1S/C13H16BrNO/c1-3-10(2)15-13(16)8-7-11-5-4-6-12(14)9-11/h4-10H,3H2,1-2H3,(H,15,16)/b8-7+. The van der Waals surface area contributed by atoms with Crippen molar-refractivity contribution in [2.75, 3.05) is 0 Å². The summed E-state index contributed by atoms with van der Waals surface area (Å²) in [4.78, 5) is 11.5. The van der Waals surface area contributed by atoms with Gasteiger partial charge in [-0.15, -0.1) is 0 Å². The Hall–Kier alpha value is -1.09. The lowest BCUT2D eigenvalue weighted by atomic mass is 10.2. The van der Waals surface area contributed by atoms with Gasteiger partial charge in [0.15, 0.2) is 0 Å². The molecule has 16 heavy (non-hydrogen) atoms. The van der Waals surface area contributed by atoms with E-state index in [1.54, 1.807) is 6.08 Å². The summed E-state index contributed by atoms with van der Waals surface area (Å²) in [7, 11) is 0. The Bertz CT molecular complexity index is 387. The highest BCUT2D eigenvalue weighted by Gasteiger charge is 2.00. The normalized spacial score (nSPS) is 12.7. The topological polar surface area (TPSA) is 29.1 Å². The summed E-state index contributed by atoms with van der Waals surface area (Å²) in [6.07, 6.45) is 4.31. The molecule has 1 N–H and O–H groups in total. The Morgan fingerprint density at radius 3 is 2.94 bits per heavy atom. The van der Waals surface area contributed by atoms with Crippen molar-refractivity contribution in [2.24, 2.45) is 0 Å². The minimum atomic E-state index is -0.0469. The van der Waals surface area contributed by atoms with E-state index < -0.39 is 0 Å². The van der Waals surface area contributed by atoms with Crippen LogP contribution in [0.25, 0.3) is 6.08 Å². The first-order valence-electron chi connectivity index (χ1n) is 5.36. The van der Waals surface area contributed by atoms with Crippen LogP contribution < -0.4 is 5.32 Å². The van der Waals surface area contributed by atoms with Gasteiger partial charge in [-0.3, -0.25) is 4.79 Å². The van der Waals surface area contributed by atoms with Crippen molar-refractivity contribution in [3.63, 3.8) is 0 Å². The Morgan fingerprint density at radius 1 is 1.56 bits per heavy atom. The average molecular weight is 282 g/mol. The molecule has 2 nitrogen and oxygen atoms in total. The van der Waals surface area contributed by atoms with Gasteiger partial charge < -0.3 is 5.32 Å². The van der Waals surface area contributed by atoms with Crippen molar-refractivity contribution < 1.29 is 4.79 Å². The third-order valence-corrected chi connectivity index (χ3v) is 2.77. The average Bonchev–Trinajstić information content (AvgIpc) is 2.26. The van der Waals surface area contributed by atoms with Crippen molar-refractivity contribution in [3.05, 3.63) is 40.4 Å². The van der Waals surface area contributed by atoms with Crippen molar-refractivity contribution in [1.82, 2.24) is 5.32 Å². The number of nitrogens with one attached hydrogen (secondary N) is 1. The number of hydrogen-bond acceptors (Lipinski definition) is 1. The number of carbonyl (C=O) groups is 1. The van der Waals surface area contributed by atoms with Crippen LogP contribution in [0.5, 0.6) is 0 Å². The fourth-order valence-corrected chi connectivity index (χ4v) is 1.59. The molecule has 0 aliphatic rings. The van der Waals surface area contributed by atoms with E-state index in [9.17, 15) is 4.79 Å². The highest BCUT2D eigenvalue weighted by atomic mass is 79.9. The van der Waals surface area contributed by atoms with Gasteiger partial charge in [0.2, 0.25) is 5.91 Å². The molecule has 0 aromatic heterocycles. The maximum atomic E-state index is 11.5.